The average Bonchev–Trinajstić information content (AvgIpc) is 2.60. The molecule has 88 valence electrons. The van der Waals surface area contributed by atoms with Crippen molar-refractivity contribution in [2.24, 2.45) is 17.3 Å². The van der Waals surface area contributed by atoms with E-state index in [9.17, 15) is 9.90 Å². The van der Waals surface area contributed by atoms with Gasteiger partial charge in [0.1, 0.15) is 0 Å². The number of nitrogens with zero attached hydrogens (tertiary/aromatic N) is 3. The number of benzene rings is 1. The second-order valence-corrected chi connectivity index (χ2v) is 3.42. The maximum absolute atomic E-state index is 10.9. The molecule has 2 rings (SSSR count). The highest BCUT2D eigenvalue weighted by Crippen LogP contribution is 2.37. The zero-order chi connectivity index (χ0) is 12.4. The van der Waals surface area contributed by atoms with E-state index in [1.165, 1.54) is 7.11 Å². The van der Waals surface area contributed by atoms with Crippen molar-refractivity contribution in [1.29, 1.82) is 0 Å². The summed E-state index contributed by atoms with van der Waals surface area (Å²) in [7, 11) is 2.92. The Morgan fingerprint density at radius 2 is 2.12 bits per heavy atom. The first-order valence-corrected chi connectivity index (χ1v) is 4.91. The zero-order valence-corrected chi connectivity index (χ0v) is 9.41. The molecule has 0 bridgehead atoms. The Morgan fingerprint density at radius 3 is 2.82 bits per heavy atom. The van der Waals surface area contributed by atoms with Gasteiger partial charge < -0.3 is 14.4 Å². The van der Waals surface area contributed by atoms with Crippen molar-refractivity contribution in [1.82, 2.24) is 4.57 Å². The summed E-state index contributed by atoms with van der Waals surface area (Å²) in [5.41, 5.74) is 1.07. The second kappa shape index (κ2) is 4.25. The molecule has 17 heavy (non-hydrogen) atoms. The van der Waals surface area contributed by atoms with Crippen LogP contribution in [0, 0.1) is 0 Å². The van der Waals surface area contributed by atoms with Crippen molar-refractivity contribution < 1.29 is 14.6 Å². The molecular weight excluding hydrogens is 222 g/mol. The Labute approximate surface area is 97.1 Å². The van der Waals surface area contributed by atoms with Gasteiger partial charge in [-0.2, -0.15) is 0 Å². The lowest BCUT2D eigenvalue weighted by atomic mass is 10.2. The van der Waals surface area contributed by atoms with Crippen LogP contribution in [0.3, 0.4) is 0 Å². The molecule has 1 aromatic carbocycles. The van der Waals surface area contributed by atoms with Crippen LogP contribution in [0.25, 0.3) is 10.9 Å². The van der Waals surface area contributed by atoms with E-state index in [1.807, 2.05) is 18.2 Å². The average molecular weight is 233 g/mol. The number of carbonyl (C=O) groups is 1. The Bertz CT molecular complexity index is 601. The van der Waals surface area contributed by atoms with E-state index < -0.39 is 6.09 Å². The van der Waals surface area contributed by atoms with Gasteiger partial charge in [0.2, 0.25) is 5.88 Å². The molecule has 0 fully saturated rings. The van der Waals surface area contributed by atoms with Gasteiger partial charge in [-0.25, -0.2) is 4.79 Å². The van der Waals surface area contributed by atoms with Crippen LogP contribution in [0.2, 0.25) is 0 Å². The predicted molar refractivity (Wildman–Crippen MR) is 61.5 cm³/mol. The standard InChI is InChI=1S/C11H11N3O3/c1-14-8-6-4-3-5-7(8)9(10(14)15)12-13-11(16)17-2/h3-6,15H,1-2H3. The van der Waals surface area contributed by atoms with E-state index in [0.717, 1.165) is 10.9 Å². The van der Waals surface area contributed by atoms with Crippen molar-refractivity contribution in [3.8, 4) is 5.88 Å². The number of methoxy groups -OCH3 is 1. The highest BCUT2D eigenvalue weighted by atomic mass is 16.5. The number of aromatic hydroxyl groups is 1. The van der Waals surface area contributed by atoms with Gasteiger partial charge in [0.15, 0.2) is 5.69 Å². The highest BCUT2D eigenvalue weighted by Gasteiger charge is 2.13. The number of fused-ring (bicyclic) bond motifs is 1. The SMILES string of the molecule is COC(=O)N=Nc1c(O)n(C)c2ccccc12. The lowest BCUT2D eigenvalue weighted by Gasteiger charge is -1.95. The Morgan fingerprint density at radius 1 is 1.41 bits per heavy atom. The van der Waals surface area contributed by atoms with Crippen molar-refractivity contribution >= 4 is 22.7 Å². The topological polar surface area (TPSA) is 76.2 Å². The Hall–Kier alpha value is -2.37. The molecule has 0 unspecified atom stereocenters. The van der Waals surface area contributed by atoms with Gasteiger partial charge in [0.25, 0.3) is 0 Å². The number of para-hydroxylation sites is 1. The van der Waals surface area contributed by atoms with E-state index in [0.29, 0.717) is 0 Å². The summed E-state index contributed by atoms with van der Waals surface area (Å²) >= 11 is 0. The van der Waals surface area contributed by atoms with E-state index >= 15 is 0 Å². The number of hydrogen-bond donors (Lipinski definition) is 1. The van der Waals surface area contributed by atoms with E-state index in [2.05, 4.69) is 15.0 Å². The third-order valence-corrected chi connectivity index (χ3v) is 2.46. The first-order chi connectivity index (χ1) is 8.15. The lowest BCUT2D eigenvalue weighted by molar-refractivity contribution is 0.181. The van der Waals surface area contributed by atoms with Crippen molar-refractivity contribution in [2.75, 3.05) is 7.11 Å². The van der Waals surface area contributed by atoms with Gasteiger partial charge in [0, 0.05) is 12.4 Å². The quantitative estimate of drug-likeness (QED) is 0.769. The van der Waals surface area contributed by atoms with E-state index in [-0.39, 0.29) is 11.6 Å². The summed E-state index contributed by atoms with van der Waals surface area (Å²) < 4.78 is 5.91. The molecule has 2 aromatic rings. The summed E-state index contributed by atoms with van der Waals surface area (Å²) in [6.45, 7) is 0. The van der Waals surface area contributed by atoms with E-state index in [4.69, 9.17) is 0 Å². The van der Waals surface area contributed by atoms with Crippen LogP contribution < -0.4 is 0 Å². The Balaban J connectivity index is 2.57. The normalized spacial score (nSPS) is 11.2. The van der Waals surface area contributed by atoms with Gasteiger partial charge >= 0.3 is 6.09 Å². The molecule has 6 heteroatoms. The molecule has 0 radical (unpaired) electrons. The third-order valence-electron chi connectivity index (χ3n) is 2.46. The molecule has 0 spiro atoms. The molecule has 6 nitrogen and oxygen atoms in total. The monoisotopic (exact) mass is 233 g/mol. The number of rotatable bonds is 1. The van der Waals surface area contributed by atoms with Crippen LogP contribution in [-0.2, 0) is 11.8 Å². The molecule has 0 aliphatic heterocycles. The highest BCUT2D eigenvalue weighted by molar-refractivity contribution is 5.95. The van der Waals surface area contributed by atoms with Gasteiger partial charge in [0.05, 0.1) is 12.6 Å². The lowest BCUT2D eigenvalue weighted by Crippen LogP contribution is -1.89. The summed E-state index contributed by atoms with van der Waals surface area (Å²) in [5, 5.41) is 17.6. The third kappa shape index (κ3) is 1.84. The largest absolute Gasteiger partial charge is 0.493 e. The molecular formula is C11H11N3O3. The molecule has 0 saturated heterocycles. The van der Waals surface area contributed by atoms with Crippen LogP contribution in [0.15, 0.2) is 34.5 Å². The first kappa shape index (κ1) is 11.1. The predicted octanol–water partition coefficient (Wildman–Crippen LogP) is 2.73. The molecule has 1 N–H and O–H groups in total. The number of carbonyl (C=O) groups excluding carboxylic acids is 1. The fraction of sp³-hybridized carbons (Fsp3) is 0.182. The van der Waals surface area contributed by atoms with Gasteiger partial charge in [-0.05, 0) is 6.07 Å². The number of hydrogen-bond acceptors (Lipinski definition) is 4. The summed E-state index contributed by atoms with van der Waals surface area (Å²) in [5.74, 6) is -0.0427. The minimum Gasteiger partial charge on any atom is -0.493 e. The maximum atomic E-state index is 10.9. The Kier molecular flexibility index (Phi) is 2.78. The molecule has 0 atom stereocenters. The smallest absolute Gasteiger partial charge is 0.452 e. The summed E-state index contributed by atoms with van der Waals surface area (Å²) in [6.07, 6.45) is -0.808. The van der Waals surface area contributed by atoms with Crippen LogP contribution in [-0.4, -0.2) is 22.9 Å². The number of ether oxygens (including phenoxy) is 1. The minimum absolute atomic E-state index is 0.0427. The molecule has 0 aliphatic carbocycles. The van der Waals surface area contributed by atoms with E-state index in [1.54, 1.807) is 17.7 Å². The molecule has 0 saturated carbocycles. The molecule has 1 amide bonds. The second-order valence-electron chi connectivity index (χ2n) is 3.42. The van der Waals surface area contributed by atoms with Gasteiger partial charge in [-0.3, -0.25) is 0 Å². The van der Waals surface area contributed by atoms with Crippen molar-refractivity contribution in [3.63, 3.8) is 0 Å². The summed E-state index contributed by atoms with van der Waals surface area (Å²) in [6, 6.07) is 7.30. The molecule has 1 heterocycles. The molecule has 0 aliphatic rings. The number of aromatic nitrogens is 1. The van der Waals surface area contributed by atoms with Crippen molar-refractivity contribution in [3.05, 3.63) is 24.3 Å². The fourth-order valence-electron chi connectivity index (χ4n) is 1.59. The zero-order valence-electron chi connectivity index (χ0n) is 9.41. The van der Waals surface area contributed by atoms with Crippen molar-refractivity contribution in [2.45, 2.75) is 0 Å². The fourth-order valence-corrected chi connectivity index (χ4v) is 1.59. The molecule has 1 aromatic heterocycles. The van der Waals surface area contributed by atoms with Gasteiger partial charge in [-0.15, -0.1) is 5.11 Å². The number of azo groups is 1. The van der Waals surface area contributed by atoms with Crippen LogP contribution >= 0.6 is 0 Å². The van der Waals surface area contributed by atoms with Crippen LogP contribution in [0.4, 0.5) is 10.5 Å². The maximum Gasteiger partial charge on any atom is 0.452 e. The number of aryl methyl sites for hydroxylation is 1. The minimum atomic E-state index is -0.808. The summed E-state index contributed by atoms with van der Waals surface area (Å²) in [4.78, 5) is 10.9. The van der Waals surface area contributed by atoms with Gasteiger partial charge in [-0.1, -0.05) is 23.3 Å². The number of amides is 1. The van der Waals surface area contributed by atoms with Crippen LogP contribution in [0.1, 0.15) is 0 Å². The first-order valence-electron chi connectivity index (χ1n) is 4.91. The van der Waals surface area contributed by atoms with Crippen LogP contribution in [0.5, 0.6) is 5.88 Å².